The molecule has 2 aromatic rings. The Bertz CT molecular complexity index is 547. The third kappa shape index (κ3) is 3.82. The van der Waals surface area contributed by atoms with Crippen molar-refractivity contribution in [2.24, 2.45) is 0 Å². The monoisotopic (exact) mass is 320 g/mol. The van der Waals surface area contributed by atoms with Gasteiger partial charge in [-0.2, -0.15) is 0 Å². The number of ether oxygens (including phenoxy) is 1. The molecule has 0 spiro atoms. The molecule has 100 valence electrons. The molecule has 1 atom stereocenters. The Morgan fingerprint density at radius 1 is 1.16 bits per heavy atom. The van der Waals surface area contributed by atoms with Gasteiger partial charge in [0.2, 0.25) is 0 Å². The fourth-order valence-corrected chi connectivity index (χ4v) is 2.12. The topological polar surface area (TPSA) is 29.5 Å². The molecule has 0 fully saturated rings. The minimum absolute atomic E-state index is 0.496. The summed E-state index contributed by atoms with van der Waals surface area (Å²) >= 11 is 3.41. The molecule has 0 radical (unpaired) electrons. The van der Waals surface area contributed by atoms with Crippen molar-refractivity contribution in [1.82, 2.24) is 0 Å². The second-order valence-corrected chi connectivity index (χ2v) is 5.55. The number of hydrogen-bond donors (Lipinski definition) is 1. The molecule has 0 aliphatic heterocycles. The van der Waals surface area contributed by atoms with Gasteiger partial charge in [0, 0.05) is 10.0 Å². The highest BCUT2D eigenvalue weighted by Gasteiger charge is 2.09. The summed E-state index contributed by atoms with van der Waals surface area (Å²) < 4.78 is 6.88. The summed E-state index contributed by atoms with van der Waals surface area (Å²) in [5, 5.41) is 9.74. The highest BCUT2D eigenvalue weighted by atomic mass is 79.9. The van der Waals surface area contributed by atoms with Crippen molar-refractivity contribution in [2.75, 3.05) is 0 Å². The smallest absolute Gasteiger partial charge is 0.125 e. The highest BCUT2D eigenvalue weighted by Crippen LogP contribution is 2.27. The molecule has 1 unspecified atom stereocenters. The lowest BCUT2D eigenvalue weighted by atomic mass is 10.1. The molecule has 0 aliphatic carbocycles. The second-order valence-electron chi connectivity index (χ2n) is 4.63. The van der Waals surface area contributed by atoms with Crippen molar-refractivity contribution in [3.63, 3.8) is 0 Å². The summed E-state index contributed by atoms with van der Waals surface area (Å²) in [6.07, 6.45) is -0.527. The molecule has 0 saturated heterocycles. The summed E-state index contributed by atoms with van der Waals surface area (Å²) in [6, 6.07) is 13.9. The largest absolute Gasteiger partial charge is 0.489 e. The van der Waals surface area contributed by atoms with Crippen LogP contribution in [0.5, 0.6) is 5.75 Å². The van der Waals surface area contributed by atoms with Gasteiger partial charge >= 0.3 is 0 Å². The van der Waals surface area contributed by atoms with Crippen molar-refractivity contribution in [2.45, 2.75) is 26.6 Å². The van der Waals surface area contributed by atoms with Gasteiger partial charge in [0.15, 0.2) is 0 Å². The van der Waals surface area contributed by atoms with Gasteiger partial charge in [-0.15, -0.1) is 0 Å². The van der Waals surface area contributed by atoms with Gasteiger partial charge in [0.05, 0.1) is 6.10 Å². The van der Waals surface area contributed by atoms with Crippen LogP contribution in [0.3, 0.4) is 0 Å². The van der Waals surface area contributed by atoms with Crippen LogP contribution < -0.4 is 4.74 Å². The van der Waals surface area contributed by atoms with E-state index in [1.165, 1.54) is 0 Å². The average Bonchev–Trinajstić information content (AvgIpc) is 2.38. The van der Waals surface area contributed by atoms with E-state index in [9.17, 15) is 5.11 Å². The van der Waals surface area contributed by atoms with E-state index in [-0.39, 0.29) is 0 Å². The maximum Gasteiger partial charge on any atom is 0.125 e. The van der Waals surface area contributed by atoms with Crippen molar-refractivity contribution >= 4 is 15.9 Å². The van der Waals surface area contributed by atoms with Crippen molar-refractivity contribution in [1.29, 1.82) is 0 Å². The maximum absolute atomic E-state index is 9.74. The Kier molecular flexibility index (Phi) is 4.61. The Morgan fingerprint density at radius 3 is 2.47 bits per heavy atom. The van der Waals surface area contributed by atoms with E-state index in [1.807, 2.05) is 49.4 Å². The molecular formula is C16H17BrO2. The van der Waals surface area contributed by atoms with Gasteiger partial charge in [-0.05, 0) is 43.2 Å². The normalized spacial score (nSPS) is 12.2. The quantitative estimate of drug-likeness (QED) is 0.905. The fraction of sp³-hybridized carbons (Fsp3) is 0.250. The summed E-state index contributed by atoms with van der Waals surface area (Å²) in [6.45, 7) is 4.26. The summed E-state index contributed by atoms with van der Waals surface area (Å²) in [4.78, 5) is 0. The van der Waals surface area contributed by atoms with Crippen LogP contribution in [0.15, 0.2) is 46.9 Å². The molecule has 0 aliphatic rings. The average molecular weight is 321 g/mol. The molecule has 0 bridgehead atoms. The van der Waals surface area contributed by atoms with E-state index in [0.717, 1.165) is 26.9 Å². The first-order chi connectivity index (χ1) is 9.06. The van der Waals surface area contributed by atoms with E-state index in [4.69, 9.17) is 4.74 Å². The Morgan fingerprint density at radius 2 is 1.84 bits per heavy atom. The van der Waals surface area contributed by atoms with Crippen molar-refractivity contribution in [3.05, 3.63) is 63.6 Å². The van der Waals surface area contributed by atoms with Gasteiger partial charge in [0.1, 0.15) is 12.4 Å². The summed E-state index contributed by atoms with van der Waals surface area (Å²) in [5.74, 6) is 0.748. The molecule has 0 heterocycles. The minimum atomic E-state index is -0.527. The number of aliphatic hydroxyl groups is 1. The standard InChI is InChI=1S/C16H17BrO2/c1-11-3-8-15(12(2)18)16(9-11)19-10-13-4-6-14(17)7-5-13/h3-9,12,18H,10H2,1-2H3. The highest BCUT2D eigenvalue weighted by molar-refractivity contribution is 9.10. The van der Waals surface area contributed by atoms with E-state index < -0.39 is 6.10 Å². The third-order valence-corrected chi connectivity index (χ3v) is 3.46. The maximum atomic E-state index is 9.74. The van der Waals surface area contributed by atoms with Crippen molar-refractivity contribution < 1.29 is 9.84 Å². The van der Waals surface area contributed by atoms with Gasteiger partial charge in [-0.1, -0.05) is 40.2 Å². The van der Waals surface area contributed by atoms with E-state index in [0.29, 0.717) is 6.61 Å². The second kappa shape index (κ2) is 6.22. The minimum Gasteiger partial charge on any atom is -0.489 e. The van der Waals surface area contributed by atoms with Crippen LogP contribution in [0.25, 0.3) is 0 Å². The Balaban J connectivity index is 2.14. The molecule has 0 aromatic heterocycles. The third-order valence-electron chi connectivity index (χ3n) is 2.93. The Hall–Kier alpha value is -1.32. The van der Waals surface area contributed by atoms with Gasteiger partial charge in [0.25, 0.3) is 0 Å². The first-order valence-electron chi connectivity index (χ1n) is 6.22. The van der Waals surface area contributed by atoms with Crippen LogP contribution in [0, 0.1) is 6.92 Å². The zero-order valence-electron chi connectivity index (χ0n) is 11.1. The van der Waals surface area contributed by atoms with Gasteiger partial charge in [-0.3, -0.25) is 0 Å². The predicted molar refractivity (Wildman–Crippen MR) is 80.3 cm³/mol. The van der Waals surface area contributed by atoms with Gasteiger partial charge in [-0.25, -0.2) is 0 Å². The van der Waals surface area contributed by atoms with E-state index in [2.05, 4.69) is 15.9 Å². The van der Waals surface area contributed by atoms with Crippen LogP contribution in [0.4, 0.5) is 0 Å². The molecule has 0 saturated carbocycles. The molecule has 1 N–H and O–H groups in total. The zero-order chi connectivity index (χ0) is 13.8. The van der Waals surface area contributed by atoms with Crippen molar-refractivity contribution in [3.8, 4) is 5.75 Å². The van der Waals surface area contributed by atoms with Crippen LogP contribution >= 0.6 is 15.9 Å². The molecular weight excluding hydrogens is 304 g/mol. The SMILES string of the molecule is Cc1ccc(C(C)O)c(OCc2ccc(Br)cc2)c1. The molecule has 19 heavy (non-hydrogen) atoms. The lowest BCUT2D eigenvalue weighted by Gasteiger charge is -2.14. The number of hydrogen-bond acceptors (Lipinski definition) is 2. The molecule has 2 nitrogen and oxygen atoms in total. The number of halogens is 1. The van der Waals surface area contributed by atoms with E-state index in [1.54, 1.807) is 6.92 Å². The summed E-state index contributed by atoms with van der Waals surface area (Å²) in [7, 11) is 0. The first-order valence-corrected chi connectivity index (χ1v) is 7.01. The molecule has 0 amide bonds. The van der Waals surface area contributed by atoms with E-state index >= 15 is 0 Å². The first kappa shape index (κ1) is 14.1. The van der Waals surface area contributed by atoms with Gasteiger partial charge < -0.3 is 9.84 Å². The zero-order valence-corrected chi connectivity index (χ0v) is 12.6. The summed E-state index contributed by atoms with van der Waals surface area (Å²) in [5.41, 5.74) is 3.04. The van der Waals surface area contributed by atoms with Crippen LogP contribution in [0.1, 0.15) is 29.7 Å². The number of rotatable bonds is 4. The lowest BCUT2D eigenvalue weighted by molar-refractivity contribution is 0.190. The number of aliphatic hydroxyl groups excluding tert-OH is 1. The number of aryl methyl sites for hydroxylation is 1. The fourth-order valence-electron chi connectivity index (χ4n) is 1.85. The van der Waals surface area contributed by atoms with Crippen LogP contribution in [-0.2, 0) is 6.61 Å². The molecule has 3 heteroatoms. The molecule has 2 rings (SSSR count). The predicted octanol–water partition coefficient (Wildman–Crippen LogP) is 4.39. The van der Waals surface area contributed by atoms with Crippen LogP contribution in [0.2, 0.25) is 0 Å². The lowest BCUT2D eigenvalue weighted by Crippen LogP contribution is -2.01. The number of benzene rings is 2. The Labute approximate surface area is 122 Å². The molecule has 2 aromatic carbocycles. The van der Waals surface area contributed by atoms with Crippen LogP contribution in [-0.4, -0.2) is 5.11 Å².